The summed E-state index contributed by atoms with van der Waals surface area (Å²) < 4.78 is 0. The maximum atomic E-state index is 12.6. The molecule has 3 amide bonds. The van der Waals surface area contributed by atoms with Crippen molar-refractivity contribution < 1.29 is 9.59 Å². The van der Waals surface area contributed by atoms with Crippen LogP contribution in [0.5, 0.6) is 0 Å². The highest BCUT2D eigenvalue weighted by Crippen LogP contribution is 2.34. The molecule has 26 heavy (non-hydrogen) atoms. The molecule has 6 nitrogen and oxygen atoms in total. The summed E-state index contributed by atoms with van der Waals surface area (Å²) in [6, 6.07) is 5.79. The molecule has 0 aromatic carbocycles. The SMILES string of the molecule is Cc1cc(N2CCN(CC3CC3)C2=O)sc1C(=O)NCc1cccnc1. The van der Waals surface area contributed by atoms with Crippen molar-refractivity contribution in [3.05, 3.63) is 46.6 Å². The van der Waals surface area contributed by atoms with E-state index in [0.29, 0.717) is 23.9 Å². The van der Waals surface area contributed by atoms with Gasteiger partial charge in [-0.2, -0.15) is 0 Å². The first-order valence-electron chi connectivity index (χ1n) is 8.96. The zero-order valence-corrected chi connectivity index (χ0v) is 15.6. The number of anilines is 1. The molecule has 1 aliphatic heterocycles. The van der Waals surface area contributed by atoms with Crippen molar-refractivity contribution in [2.24, 2.45) is 5.92 Å². The Morgan fingerprint density at radius 2 is 2.23 bits per heavy atom. The number of carbonyl (C=O) groups excluding carboxylic acids is 2. The van der Waals surface area contributed by atoms with Gasteiger partial charge in [0.25, 0.3) is 5.91 Å². The van der Waals surface area contributed by atoms with E-state index in [0.717, 1.165) is 29.2 Å². The van der Waals surface area contributed by atoms with E-state index in [9.17, 15) is 9.59 Å². The van der Waals surface area contributed by atoms with Crippen molar-refractivity contribution in [1.82, 2.24) is 15.2 Å². The molecule has 0 unspecified atom stereocenters. The van der Waals surface area contributed by atoms with Crippen LogP contribution in [0.2, 0.25) is 0 Å². The molecule has 1 N–H and O–H groups in total. The van der Waals surface area contributed by atoms with Crippen molar-refractivity contribution in [2.45, 2.75) is 26.3 Å². The molecule has 0 bridgehead atoms. The third kappa shape index (κ3) is 3.58. The van der Waals surface area contributed by atoms with Crippen LogP contribution >= 0.6 is 11.3 Å². The maximum Gasteiger partial charge on any atom is 0.325 e. The van der Waals surface area contributed by atoms with Gasteiger partial charge in [-0.05, 0) is 48.9 Å². The van der Waals surface area contributed by atoms with E-state index in [1.807, 2.05) is 30.0 Å². The van der Waals surface area contributed by atoms with E-state index in [-0.39, 0.29) is 11.9 Å². The predicted octanol–water partition coefficient (Wildman–Crippen LogP) is 3.03. The monoisotopic (exact) mass is 370 g/mol. The summed E-state index contributed by atoms with van der Waals surface area (Å²) in [5, 5.41) is 3.79. The van der Waals surface area contributed by atoms with Crippen LogP contribution < -0.4 is 10.2 Å². The number of thiophene rings is 1. The van der Waals surface area contributed by atoms with Gasteiger partial charge in [0.15, 0.2) is 0 Å². The molecule has 0 spiro atoms. The topological polar surface area (TPSA) is 65.5 Å². The summed E-state index contributed by atoms with van der Waals surface area (Å²) in [6.45, 7) is 4.70. The lowest BCUT2D eigenvalue weighted by Crippen LogP contribution is -2.32. The van der Waals surface area contributed by atoms with Crippen LogP contribution in [0.1, 0.15) is 33.6 Å². The number of carbonyl (C=O) groups is 2. The van der Waals surface area contributed by atoms with E-state index < -0.39 is 0 Å². The van der Waals surface area contributed by atoms with Gasteiger partial charge in [0.05, 0.1) is 4.88 Å². The minimum Gasteiger partial charge on any atom is -0.347 e. The summed E-state index contributed by atoms with van der Waals surface area (Å²) in [5.41, 5.74) is 1.86. The van der Waals surface area contributed by atoms with Gasteiger partial charge in [-0.1, -0.05) is 6.07 Å². The Balaban J connectivity index is 1.42. The summed E-state index contributed by atoms with van der Waals surface area (Å²) in [6.07, 6.45) is 5.93. The second-order valence-electron chi connectivity index (χ2n) is 6.96. The Morgan fingerprint density at radius 3 is 2.96 bits per heavy atom. The molecule has 2 aromatic heterocycles. The lowest BCUT2D eigenvalue weighted by Gasteiger charge is -2.17. The highest BCUT2D eigenvalue weighted by molar-refractivity contribution is 7.18. The van der Waals surface area contributed by atoms with Crippen LogP contribution in [0, 0.1) is 12.8 Å². The number of aryl methyl sites for hydroxylation is 1. The Kier molecular flexibility index (Phi) is 4.63. The number of urea groups is 1. The van der Waals surface area contributed by atoms with Gasteiger partial charge >= 0.3 is 6.03 Å². The largest absolute Gasteiger partial charge is 0.347 e. The van der Waals surface area contributed by atoms with Gasteiger partial charge in [-0.3, -0.25) is 14.7 Å². The highest BCUT2D eigenvalue weighted by Gasteiger charge is 2.35. The number of aromatic nitrogens is 1. The van der Waals surface area contributed by atoms with Gasteiger partial charge in [-0.15, -0.1) is 11.3 Å². The standard InChI is InChI=1S/C19H22N4O2S/c1-13-9-16(23-8-7-22(19(23)25)12-14-4-5-14)26-17(13)18(24)21-11-15-3-2-6-20-10-15/h2-3,6,9-10,14H,4-5,7-8,11-12H2,1H3,(H,21,24). The van der Waals surface area contributed by atoms with Gasteiger partial charge < -0.3 is 10.2 Å². The van der Waals surface area contributed by atoms with Gasteiger partial charge in [-0.25, -0.2) is 4.79 Å². The number of rotatable bonds is 6. The fourth-order valence-electron chi connectivity index (χ4n) is 3.16. The van der Waals surface area contributed by atoms with Crippen LogP contribution in [0.4, 0.5) is 9.80 Å². The first kappa shape index (κ1) is 17.0. The minimum atomic E-state index is -0.107. The van der Waals surface area contributed by atoms with Crippen LogP contribution in [0.15, 0.2) is 30.6 Å². The normalized spacial score (nSPS) is 17.0. The summed E-state index contributed by atoms with van der Waals surface area (Å²) in [4.78, 5) is 33.6. The van der Waals surface area contributed by atoms with Crippen molar-refractivity contribution in [3.63, 3.8) is 0 Å². The van der Waals surface area contributed by atoms with E-state index in [2.05, 4.69) is 10.3 Å². The van der Waals surface area contributed by atoms with Crippen LogP contribution in [-0.2, 0) is 6.54 Å². The van der Waals surface area contributed by atoms with Crippen molar-refractivity contribution >= 4 is 28.3 Å². The molecule has 2 aromatic rings. The van der Waals surface area contributed by atoms with Gasteiger partial charge in [0.2, 0.25) is 0 Å². The van der Waals surface area contributed by atoms with Crippen LogP contribution in [0.25, 0.3) is 0 Å². The number of pyridine rings is 1. The lowest BCUT2D eigenvalue weighted by atomic mass is 10.2. The van der Waals surface area contributed by atoms with Crippen LogP contribution in [-0.4, -0.2) is 41.5 Å². The maximum absolute atomic E-state index is 12.6. The molecular weight excluding hydrogens is 348 g/mol. The molecule has 0 radical (unpaired) electrons. The Morgan fingerprint density at radius 1 is 1.38 bits per heavy atom. The second kappa shape index (κ2) is 7.07. The zero-order chi connectivity index (χ0) is 18.1. The summed E-state index contributed by atoms with van der Waals surface area (Å²) in [7, 11) is 0. The zero-order valence-electron chi connectivity index (χ0n) is 14.8. The average molecular weight is 370 g/mol. The van der Waals surface area contributed by atoms with E-state index >= 15 is 0 Å². The molecule has 7 heteroatoms. The molecule has 2 fully saturated rings. The third-order valence-electron chi connectivity index (χ3n) is 4.82. The van der Waals surface area contributed by atoms with Crippen molar-refractivity contribution in [2.75, 3.05) is 24.5 Å². The molecule has 136 valence electrons. The van der Waals surface area contributed by atoms with Crippen molar-refractivity contribution in [3.8, 4) is 0 Å². The van der Waals surface area contributed by atoms with Gasteiger partial charge in [0, 0.05) is 38.6 Å². The molecule has 1 aliphatic carbocycles. The van der Waals surface area contributed by atoms with E-state index in [4.69, 9.17) is 0 Å². The number of hydrogen-bond acceptors (Lipinski definition) is 4. The number of nitrogens with zero attached hydrogens (tertiary/aromatic N) is 3. The quantitative estimate of drug-likeness (QED) is 0.850. The first-order chi connectivity index (χ1) is 12.6. The molecule has 3 heterocycles. The van der Waals surface area contributed by atoms with Gasteiger partial charge in [0.1, 0.15) is 5.00 Å². The number of nitrogens with one attached hydrogen (secondary N) is 1. The van der Waals surface area contributed by atoms with E-state index in [1.54, 1.807) is 17.3 Å². The molecule has 4 rings (SSSR count). The summed E-state index contributed by atoms with van der Waals surface area (Å²) >= 11 is 1.39. The fourth-order valence-corrected chi connectivity index (χ4v) is 4.27. The van der Waals surface area contributed by atoms with E-state index in [1.165, 1.54) is 24.2 Å². The molecular formula is C19H22N4O2S. The smallest absolute Gasteiger partial charge is 0.325 e. The molecule has 2 aliphatic rings. The Bertz CT molecular complexity index is 816. The Labute approximate surface area is 156 Å². The average Bonchev–Trinajstić information content (AvgIpc) is 3.28. The van der Waals surface area contributed by atoms with Crippen LogP contribution in [0.3, 0.4) is 0 Å². The Hall–Kier alpha value is -2.41. The lowest BCUT2D eigenvalue weighted by molar-refractivity contribution is 0.0954. The third-order valence-corrected chi connectivity index (χ3v) is 6.08. The van der Waals surface area contributed by atoms with Crippen molar-refractivity contribution in [1.29, 1.82) is 0 Å². The first-order valence-corrected chi connectivity index (χ1v) is 9.77. The predicted molar refractivity (Wildman–Crippen MR) is 102 cm³/mol. The number of amides is 3. The minimum absolute atomic E-state index is 0.0699. The highest BCUT2D eigenvalue weighted by atomic mass is 32.1. The number of hydrogen-bond donors (Lipinski definition) is 1. The molecule has 1 saturated heterocycles. The fraction of sp³-hybridized carbons (Fsp3) is 0.421. The summed E-state index contributed by atoms with van der Waals surface area (Å²) in [5.74, 6) is 0.585. The molecule has 1 saturated carbocycles. The molecule has 0 atom stereocenters. The second-order valence-corrected chi connectivity index (χ2v) is 7.99.